The zero-order valence-electron chi connectivity index (χ0n) is 10.4. The monoisotopic (exact) mass is 233 g/mol. The fourth-order valence-corrected chi connectivity index (χ4v) is 2.27. The van der Waals surface area contributed by atoms with Crippen molar-refractivity contribution in [2.45, 2.75) is 38.6 Å². The number of aliphatic imine (C=N–C) groups is 1. The van der Waals surface area contributed by atoms with Gasteiger partial charge in [-0.15, -0.1) is 6.42 Å². The van der Waals surface area contributed by atoms with Crippen molar-refractivity contribution < 1.29 is 4.79 Å². The maximum atomic E-state index is 12.1. The average molecular weight is 233 g/mol. The topological polar surface area (TPSA) is 58.7 Å². The second kappa shape index (κ2) is 4.06. The lowest BCUT2D eigenvalue weighted by Gasteiger charge is -2.33. The number of amides is 1. The number of terminal acetylenes is 1. The van der Waals surface area contributed by atoms with Crippen LogP contribution in [0.4, 0.5) is 0 Å². The smallest absolute Gasteiger partial charge is 0.232 e. The number of nitrogens with zero attached hydrogens (tertiary/aromatic N) is 2. The lowest BCUT2D eigenvalue weighted by molar-refractivity contribution is -0.129. The summed E-state index contributed by atoms with van der Waals surface area (Å²) in [4.78, 5) is 18.0. The summed E-state index contributed by atoms with van der Waals surface area (Å²) in [5, 5.41) is 0. The second-order valence-corrected chi connectivity index (χ2v) is 5.15. The molecule has 1 aliphatic carbocycles. The van der Waals surface area contributed by atoms with Gasteiger partial charge in [-0.25, -0.2) is 4.99 Å². The van der Waals surface area contributed by atoms with Crippen LogP contribution >= 0.6 is 0 Å². The Morgan fingerprint density at radius 2 is 2.35 bits per heavy atom. The van der Waals surface area contributed by atoms with Gasteiger partial charge in [0.15, 0.2) is 5.96 Å². The van der Waals surface area contributed by atoms with E-state index in [1.165, 1.54) is 6.42 Å². The number of hydrogen-bond donors (Lipinski definition) is 1. The third kappa shape index (κ3) is 2.14. The molecule has 0 bridgehead atoms. The Kier molecular flexibility index (Phi) is 2.86. The molecule has 4 nitrogen and oxygen atoms in total. The van der Waals surface area contributed by atoms with E-state index in [1.807, 2.05) is 6.92 Å². The predicted octanol–water partition coefficient (Wildman–Crippen LogP) is 0.971. The Labute approximate surface area is 102 Å². The molecule has 0 saturated heterocycles. The van der Waals surface area contributed by atoms with Crippen molar-refractivity contribution >= 4 is 11.9 Å². The Morgan fingerprint density at radius 3 is 2.76 bits per heavy atom. The molecule has 1 fully saturated rings. The number of guanidine groups is 1. The first-order valence-electron chi connectivity index (χ1n) is 6.15. The number of hydrogen-bond acceptors (Lipinski definition) is 3. The van der Waals surface area contributed by atoms with Crippen LogP contribution in [0.3, 0.4) is 0 Å². The van der Waals surface area contributed by atoms with Gasteiger partial charge in [0.25, 0.3) is 0 Å². The van der Waals surface area contributed by atoms with Gasteiger partial charge < -0.3 is 5.73 Å². The van der Waals surface area contributed by atoms with Crippen LogP contribution in [-0.2, 0) is 4.79 Å². The van der Waals surface area contributed by atoms with Crippen LogP contribution in [0.25, 0.3) is 0 Å². The third-order valence-electron chi connectivity index (χ3n) is 3.90. The summed E-state index contributed by atoms with van der Waals surface area (Å²) in [5.41, 5.74) is 5.16. The molecule has 0 radical (unpaired) electrons. The molecule has 1 unspecified atom stereocenters. The molecule has 17 heavy (non-hydrogen) atoms. The first-order chi connectivity index (χ1) is 8.01. The van der Waals surface area contributed by atoms with Gasteiger partial charge in [0.2, 0.25) is 5.91 Å². The van der Waals surface area contributed by atoms with Crippen molar-refractivity contribution in [1.82, 2.24) is 4.90 Å². The first-order valence-corrected chi connectivity index (χ1v) is 6.15. The zero-order valence-corrected chi connectivity index (χ0v) is 10.4. The van der Waals surface area contributed by atoms with Crippen molar-refractivity contribution in [3.05, 3.63) is 0 Å². The van der Waals surface area contributed by atoms with E-state index in [9.17, 15) is 4.79 Å². The highest BCUT2D eigenvalue weighted by Crippen LogP contribution is 2.39. The maximum absolute atomic E-state index is 12.1. The number of rotatable bonds is 3. The van der Waals surface area contributed by atoms with Crippen molar-refractivity contribution in [3.63, 3.8) is 0 Å². The molecule has 1 aliphatic heterocycles. The van der Waals surface area contributed by atoms with E-state index in [0.717, 1.165) is 0 Å². The maximum Gasteiger partial charge on any atom is 0.232 e. The van der Waals surface area contributed by atoms with Gasteiger partial charge in [-0.2, -0.15) is 0 Å². The van der Waals surface area contributed by atoms with Gasteiger partial charge in [0, 0.05) is 6.54 Å². The van der Waals surface area contributed by atoms with Crippen LogP contribution < -0.4 is 5.73 Å². The van der Waals surface area contributed by atoms with E-state index in [0.29, 0.717) is 30.8 Å². The highest BCUT2D eigenvalue weighted by Gasteiger charge is 2.41. The summed E-state index contributed by atoms with van der Waals surface area (Å²) in [6.07, 6.45) is 7.56. The van der Waals surface area contributed by atoms with Crippen LogP contribution in [0.2, 0.25) is 0 Å². The van der Waals surface area contributed by atoms with E-state index in [4.69, 9.17) is 12.2 Å². The molecule has 1 amide bonds. The van der Waals surface area contributed by atoms with Gasteiger partial charge >= 0.3 is 0 Å². The number of nitrogens with two attached hydrogens (primary N) is 1. The molecule has 0 spiro atoms. The minimum atomic E-state index is -0.715. The fourth-order valence-electron chi connectivity index (χ4n) is 2.27. The third-order valence-corrected chi connectivity index (χ3v) is 3.90. The predicted molar refractivity (Wildman–Crippen MR) is 67.1 cm³/mol. The average Bonchev–Trinajstić information content (AvgIpc) is 2.99. The van der Waals surface area contributed by atoms with E-state index in [2.05, 4.69) is 17.8 Å². The summed E-state index contributed by atoms with van der Waals surface area (Å²) in [6, 6.07) is 0. The van der Waals surface area contributed by atoms with Crippen LogP contribution in [-0.4, -0.2) is 28.9 Å². The Hall–Kier alpha value is -1.50. The Morgan fingerprint density at radius 1 is 1.71 bits per heavy atom. The van der Waals surface area contributed by atoms with Gasteiger partial charge in [0.1, 0.15) is 5.54 Å². The van der Waals surface area contributed by atoms with Gasteiger partial charge in [0.05, 0.1) is 6.42 Å². The van der Waals surface area contributed by atoms with E-state index >= 15 is 0 Å². The Balaban J connectivity index is 2.16. The first kappa shape index (κ1) is 12.0. The molecule has 2 rings (SSSR count). The van der Waals surface area contributed by atoms with Crippen molar-refractivity contribution in [1.29, 1.82) is 0 Å². The molecular formula is C13H19N3O. The molecule has 2 N–H and O–H groups in total. The van der Waals surface area contributed by atoms with Crippen molar-refractivity contribution in [2.75, 3.05) is 6.54 Å². The van der Waals surface area contributed by atoms with Gasteiger partial charge in [-0.1, -0.05) is 19.8 Å². The second-order valence-electron chi connectivity index (χ2n) is 5.15. The summed E-state index contributed by atoms with van der Waals surface area (Å²) >= 11 is 0. The largest absolute Gasteiger partial charge is 0.369 e. The number of carbonyl (C=O) groups excluding carboxylic acids is 1. The molecule has 0 aromatic heterocycles. The van der Waals surface area contributed by atoms with Gasteiger partial charge in [-0.05, 0) is 24.7 Å². The summed E-state index contributed by atoms with van der Waals surface area (Å²) < 4.78 is 0. The summed E-state index contributed by atoms with van der Waals surface area (Å²) in [7, 11) is 0. The summed E-state index contributed by atoms with van der Waals surface area (Å²) in [5.74, 6) is 4.19. The van der Waals surface area contributed by atoms with Crippen molar-refractivity contribution in [3.8, 4) is 12.3 Å². The standard InChI is InChI=1S/C13H19N3O/c1-4-13(5-2)7-11(17)16(12(14)15-13)8-10-6-9(10)3/h1,9-10H,5-8H2,2-3H3,(H2,14,15)/t9-,10?,13-/m1/s1. The SMILES string of the molecule is C#C[C@@]1(CC)CC(=O)N(CC2C[C@H]2C)C(N)=N1. The lowest BCUT2D eigenvalue weighted by Crippen LogP contribution is -2.51. The van der Waals surface area contributed by atoms with Gasteiger partial charge in [-0.3, -0.25) is 9.69 Å². The molecule has 0 aromatic rings. The molecular weight excluding hydrogens is 214 g/mol. The van der Waals surface area contributed by atoms with E-state index in [1.54, 1.807) is 4.90 Å². The van der Waals surface area contributed by atoms with Crippen LogP contribution in [0, 0.1) is 24.2 Å². The fraction of sp³-hybridized carbons (Fsp3) is 0.692. The quantitative estimate of drug-likeness (QED) is 0.738. The highest BCUT2D eigenvalue weighted by molar-refractivity contribution is 5.99. The lowest BCUT2D eigenvalue weighted by atomic mass is 9.91. The van der Waals surface area contributed by atoms with E-state index in [-0.39, 0.29) is 12.3 Å². The number of carbonyl (C=O) groups is 1. The van der Waals surface area contributed by atoms with Crippen LogP contribution in [0.5, 0.6) is 0 Å². The molecule has 3 atom stereocenters. The normalized spacial score (nSPS) is 36.4. The summed E-state index contributed by atoms with van der Waals surface area (Å²) in [6.45, 7) is 4.81. The van der Waals surface area contributed by atoms with Crippen molar-refractivity contribution in [2.24, 2.45) is 22.6 Å². The minimum absolute atomic E-state index is 0.0106. The molecule has 1 saturated carbocycles. The minimum Gasteiger partial charge on any atom is -0.369 e. The Bertz CT molecular complexity index is 409. The zero-order chi connectivity index (χ0) is 12.6. The molecule has 1 heterocycles. The molecule has 0 aromatic carbocycles. The highest BCUT2D eigenvalue weighted by atomic mass is 16.2. The van der Waals surface area contributed by atoms with Crippen LogP contribution in [0.15, 0.2) is 4.99 Å². The molecule has 92 valence electrons. The van der Waals surface area contributed by atoms with Crippen LogP contribution in [0.1, 0.15) is 33.1 Å². The molecule has 4 heteroatoms. The van der Waals surface area contributed by atoms with E-state index < -0.39 is 5.54 Å². The molecule has 2 aliphatic rings.